The van der Waals surface area contributed by atoms with Crippen LogP contribution in [0.2, 0.25) is 0 Å². The highest BCUT2D eigenvalue weighted by molar-refractivity contribution is 5.85. The standard InChI is InChI=1S/C16H22F7NO2/c17-14(18,15(19,20)26-16(21,22)23)13(25)24(11-7-3-1-4-8-11)12-9-5-2-6-10-12/h11-12H,1-10H2. The zero-order valence-electron chi connectivity index (χ0n) is 14.1. The molecule has 10 heteroatoms. The van der Waals surface area contributed by atoms with Gasteiger partial charge in [-0.1, -0.05) is 38.5 Å². The van der Waals surface area contributed by atoms with Crippen molar-refractivity contribution in [2.24, 2.45) is 0 Å². The van der Waals surface area contributed by atoms with Crippen LogP contribution < -0.4 is 0 Å². The predicted molar refractivity (Wildman–Crippen MR) is 77.6 cm³/mol. The van der Waals surface area contributed by atoms with Crippen LogP contribution >= 0.6 is 0 Å². The van der Waals surface area contributed by atoms with Crippen LogP contribution in [0.1, 0.15) is 64.2 Å². The van der Waals surface area contributed by atoms with E-state index >= 15 is 0 Å². The maximum atomic E-state index is 14.1. The third-order valence-electron chi connectivity index (χ3n) is 5.05. The number of alkyl halides is 7. The molecule has 2 rings (SSSR count). The minimum Gasteiger partial charge on any atom is -0.331 e. The first-order chi connectivity index (χ1) is 12.0. The molecule has 2 aliphatic carbocycles. The van der Waals surface area contributed by atoms with E-state index in [0.29, 0.717) is 51.4 Å². The van der Waals surface area contributed by atoms with Gasteiger partial charge in [-0.15, -0.1) is 13.2 Å². The van der Waals surface area contributed by atoms with E-state index in [4.69, 9.17) is 0 Å². The molecule has 0 unspecified atom stereocenters. The smallest absolute Gasteiger partial charge is 0.331 e. The molecule has 1 amide bonds. The largest absolute Gasteiger partial charge is 0.527 e. The Balaban J connectivity index is 2.28. The summed E-state index contributed by atoms with van der Waals surface area (Å²) in [5.41, 5.74) is 0. The van der Waals surface area contributed by atoms with Gasteiger partial charge in [-0.2, -0.15) is 17.6 Å². The summed E-state index contributed by atoms with van der Waals surface area (Å²) < 4.78 is 93.8. The summed E-state index contributed by atoms with van der Waals surface area (Å²) >= 11 is 0. The molecule has 26 heavy (non-hydrogen) atoms. The van der Waals surface area contributed by atoms with Crippen molar-refractivity contribution in [1.29, 1.82) is 0 Å². The average Bonchev–Trinajstić information content (AvgIpc) is 2.54. The summed E-state index contributed by atoms with van der Waals surface area (Å²) in [4.78, 5) is 13.1. The van der Waals surface area contributed by atoms with Gasteiger partial charge in [0.05, 0.1) is 0 Å². The molecule has 0 saturated heterocycles. The number of carbonyl (C=O) groups excluding carboxylic acids is 1. The van der Waals surface area contributed by atoms with Gasteiger partial charge in [0.15, 0.2) is 0 Å². The maximum Gasteiger partial charge on any atom is 0.527 e. The van der Waals surface area contributed by atoms with Crippen LogP contribution in [0.3, 0.4) is 0 Å². The molecule has 0 bridgehead atoms. The molecular weight excluding hydrogens is 371 g/mol. The molecule has 0 aromatic carbocycles. The first-order valence-corrected chi connectivity index (χ1v) is 8.81. The van der Waals surface area contributed by atoms with Crippen LogP contribution in [0.4, 0.5) is 30.7 Å². The fourth-order valence-electron chi connectivity index (χ4n) is 3.84. The van der Waals surface area contributed by atoms with Crippen molar-refractivity contribution in [3.05, 3.63) is 0 Å². The first-order valence-electron chi connectivity index (χ1n) is 8.81. The van der Waals surface area contributed by atoms with E-state index < -0.39 is 36.4 Å². The Morgan fingerprint density at radius 2 is 1.12 bits per heavy atom. The predicted octanol–water partition coefficient (Wildman–Crippen LogP) is 5.24. The molecule has 0 aromatic heterocycles. The highest BCUT2D eigenvalue weighted by Crippen LogP contribution is 2.43. The van der Waals surface area contributed by atoms with Crippen molar-refractivity contribution in [2.75, 3.05) is 0 Å². The Morgan fingerprint density at radius 1 is 0.731 bits per heavy atom. The lowest BCUT2D eigenvalue weighted by Crippen LogP contribution is -2.61. The number of hydrogen-bond acceptors (Lipinski definition) is 2. The third kappa shape index (κ3) is 4.80. The monoisotopic (exact) mass is 393 g/mol. The molecule has 0 spiro atoms. The van der Waals surface area contributed by atoms with E-state index in [-0.39, 0.29) is 0 Å². The Morgan fingerprint density at radius 3 is 1.46 bits per heavy atom. The van der Waals surface area contributed by atoms with Gasteiger partial charge in [-0.25, -0.2) is 4.74 Å². The van der Waals surface area contributed by atoms with Gasteiger partial charge in [-0.05, 0) is 25.7 Å². The number of nitrogens with zero attached hydrogens (tertiary/aromatic N) is 1. The van der Waals surface area contributed by atoms with Crippen molar-refractivity contribution in [2.45, 2.75) is 94.7 Å². The van der Waals surface area contributed by atoms with E-state index in [1.807, 2.05) is 0 Å². The van der Waals surface area contributed by atoms with Crippen molar-refractivity contribution in [1.82, 2.24) is 4.90 Å². The van der Waals surface area contributed by atoms with Gasteiger partial charge < -0.3 is 4.90 Å². The summed E-state index contributed by atoms with van der Waals surface area (Å²) in [5, 5.41) is 0. The number of rotatable bonds is 5. The molecule has 0 N–H and O–H groups in total. The Bertz CT molecular complexity index is 465. The summed E-state index contributed by atoms with van der Waals surface area (Å²) in [6.45, 7) is 0. The summed E-state index contributed by atoms with van der Waals surface area (Å²) in [7, 11) is 0. The van der Waals surface area contributed by atoms with Crippen LogP contribution in [-0.4, -0.2) is 41.3 Å². The maximum absolute atomic E-state index is 14.1. The number of halogens is 7. The van der Waals surface area contributed by atoms with Crippen molar-refractivity contribution < 1.29 is 40.3 Å². The normalized spacial score (nSPS) is 21.7. The van der Waals surface area contributed by atoms with Gasteiger partial charge >= 0.3 is 24.3 Å². The van der Waals surface area contributed by atoms with Crippen molar-refractivity contribution >= 4 is 5.91 Å². The SMILES string of the molecule is O=C(N(C1CCCCC1)C1CCCCC1)C(F)(F)C(F)(F)OC(F)(F)F. The lowest BCUT2D eigenvalue weighted by molar-refractivity contribution is -0.459. The minimum atomic E-state index is -5.99. The molecule has 2 aliphatic rings. The highest BCUT2D eigenvalue weighted by Gasteiger charge is 2.69. The Labute approximate surface area is 146 Å². The summed E-state index contributed by atoms with van der Waals surface area (Å²) in [6, 6.07) is -1.32. The zero-order valence-corrected chi connectivity index (χ0v) is 14.1. The molecule has 3 nitrogen and oxygen atoms in total. The lowest BCUT2D eigenvalue weighted by Gasteiger charge is -2.43. The lowest BCUT2D eigenvalue weighted by atomic mass is 9.88. The fraction of sp³-hybridized carbons (Fsp3) is 0.938. The van der Waals surface area contributed by atoms with E-state index in [2.05, 4.69) is 4.74 Å². The van der Waals surface area contributed by atoms with Crippen LogP contribution in [0.25, 0.3) is 0 Å². The zero-order chi connectivity index (χ0) is 19.6. The van der Waals surface area contributed by atoms with Crippen molar-refractivity contribution in [3.63, 3.8) is 0 Å². The number of carbonyl (C=O) groups is 1. The minimum absolute atomic E-state index is 0.379. The summed E-state index contributed by atoms with van der Waals surface area (Å²) in [6.07, 6.45) is -6.14. The second-order valence-corrected chi connectivity index (χ2v) is 6.94. The number of hydrogen-bond donors (Lipinski definition) is 0. The average molecular weight is 393 g/mol. The van der Waals surface area contributed by atoms with Crippen molar-refractivity contribution in [3.8, 4) is 0 Å². The Hall–Kier alpha value is -1.06. The van der Waals surface area contributed by atoms with E-state index in [0.717, 1.165) is 17.7 Å². The molecule has 0 heterocycles. The third-order valence-corrected chi connectivity index (χ3v) is 5.05. The van der Waals surface area contributed by atoms with Crippen LogP contribution in [-0.2, 0) is 9.53 Å². The van der Waals surface area contributed by atoms with E-state index in [1.54, 1.807) is 0 Å². The molecule has 152 valence electrons. The topological polar surface area (TPSA) is 29.5 Å². The molecule has 2 saturated carbocycles. The second-order valence-electron chi connectivity index (χ2n) is 6.94. The van der Waals surface area contributed by atoms with E-state index in [9.17, 15) is 35.5 Å². The highest BCUT2D eigenvalue weighted by atomic mass is 19.4. The second kappa shape index (κ2) is 7.90. The van der Waals surface area contributed by atoms with Gasteiger partial charge in [0.25, 0.3) is 0 Å². The number of amides is 1. The van der Waals surface area contributed by atoms with Gasteiger partial charge in [-0.3, -0.25) is 4.79 Å². The first kappa shape index (κ1) is 21.2. The van der Waals surface area contributed by atoms with E-state index in [1.165, 1.54) is 0 Å². The molecule has 0 aromatic rings. The molecule has 0 radical (unpaired) electrons. The van der Waals surface area contributed by atoms with Gasteiger partial charge in [0, 0.05) is 12.1 Å². The molecular formula is C16H22F7NO2. The van der Waals surface area contributed by atoms with Crippen LogP contribution in [0, 0.1) is 0 Å². The van der Waals surface area contributed by atoms with Gasteiger partial charge in [0.1, 0.15) is 0 Å². The van der Waals surface area contributed by atoms with Gasteiger partial charge in [0.2, 0.25) is 0 Å². The summed E-state index contributed by atoms with van der Waals surface area (Å²) in [5.74, 6) is -7.87. The number of ether oxygens (including phenoxy) is 1. The molecule has 0 aliphatic heterocycles. The quantitative estimate of drug-likeness (QED) is 0.598. The Kier molecular flexibility index (Phi) is 6.45. The van der Waals surface area contributed by atoms with Crippen LogP contribution in [0.15, 0.2) is 0 Å². The fourth-order valence-corrected chi connectivity index (χ4v) is 3.84. The van der Waals surface area contributed by atoms with Crippen LogP contribution in [0.5, 0.6) is 0 Å². The molecule has 0 atom stereocenters. The molecule has 2 fully saturated rings.